The van der Waals surface area contributed by atoms with Crippen molar-refractivity contribution in [3.05, 3.63) is 12.4 Å². The topological polar surface area (TPSA) is 64.2 Å². The van der Waals surface area contributed by atoms with Gasteiger partial charge in [-0.2, -0.15) is 5.10 Å². The van der Waals surface area contributed by atoms with Gasteiger partial charge in [-0.15, -0.1) is 0 Å². The molecule has 1 heterocycles. The lowest BCUT2D eigenvalue weighted by atomic mass is 9.84. The molecule has 0 aliphatic heterocycles. The Balaban J connectivity index is 1.78. The van der Waals surface area contributed by atoms with Gasteiger partial charge in [-0.05, 0) is 31.1 Å². The van der Waals surface area contributed by atoms with Crippen LogP contribution in [0, 0.1) is 17.8 Å². The van der Waals surface area contributed by atoms with Crippen LogP contribution < -0.4 is 10.6 Å². The summed E-state index contributed by atoms with van der Waals surface area (Å²) in [5, 5.41) is 4.11. The lowest BCUT2D eigenvalue weighted by Gasteiger charge is -2.30. The number of aryl methyl sites for hydroxylation is 1. The van der Waals surface area contributed by atoms with E-state index >= 15 is 0 Å². The second-order valence-corrected chi connectivity index (χ2v) is 5.71. The molecule has 1 aromatic heterocycles. The van der Waals surface area contributed by atoms with Crippen molar-refractivity contribution in [3.63, 3.8) is 0 Å². The first-order valence-electron chi connectivity index (χ1n) is 6.59. The molecule has 0 aromatic carbocycles. The first-order valence-corrected chi connectivity index (χ1v) is 6.59. The highest BCUT2D eigenvalue weighted by Crippen LogP contribution is 2.48. The van der Waals surface area contributed by atoms with E-state index in [9.17, 15) is 4.79 Å². The third-order valence-corrected chi connectivity index (χ3v) is 4.67. The highest BCUT2D eigenvalue weighted by Gasteiger charge is 2.49. The number of carbonyl (C=O) groups excluding carboxylic acids is 1. The lowest BCUT2D eigenvalue weighted by Crippen LogP contribution is -2.46. The van der Waals surface area contributed by atoms with E-state index in [4.69, 9.17) is 5.73 Å². The first kappa shape index (κ1) is 11.7. The van der Waals surface area contributed by atoms with E-state index in [1.165, 1.54) is 6.42 Å². The summed E-state index contributed by atoms with van der Waals surface area (Å²) in [6.07, 6.45) is 7.08. The summed E-state index contributed by atoms with van der Waals surface area (Å²) in [4.78, 5) is 14.3. The molecule has 5 nitrogen and oxygen atoms in total. The van der Waals surface area contributed by atoms with Crippen molar-refractivity contribution < 1.29 is 4.79 Å². The molecular weight excluding hydrogens is 228 g/mol. The van der Waals surface area contributed by atoms with Crippen molar-refractivity contribution >= 4 is 11.6 Å². The van der Waals surface area contributed by atoms with Gasteiger partial charge in [-0.25, -0.2) is 0 Å². The average molecular weight is 248 g/mol. The van der Waals surface area contributed by atoms with E-state index in [0.29, 0.717) is 11.8 Å². The quantitative estimate of drug-likeness (QED) is 0.840. The molecule has 2 aliphatic rings. The molecule has 2 N–H and O–H groups in total. The first-order chi connectivity index (χ1) is 8.58. The number of hydrogen-bond donors (Lipinski definition) is 1. The van der Waals surface area contributed by atoms with Crippen molar-refractivity contribution in [2.75, 3.05) is 11.9 Å². The van der Waals surface area contributed by atoms with Crippen LogP contribution in [-0.4, -0.2) is 28.8 Å². The average Bonchev–Trinajstić information content (AvgIpc) is 3.02. The molecular formula is C13H20N4O. The Morgan fingerprint density at radius 3 is 2.78 bits per heavy atom. The van der Waals surface area contributed by atoms with Crippen LogP contribution in [0.4, 0.5) is 5.69 Å². The van der Waals surface area contributed by atoms with Crippen molar-refractivity contribution in [2.24, 2.45) is 30.5 Å². The Morgan fingerprint density at radius 2 is 2.22 bits per heavy atom. The summed E-state index contributed by atoms with van der Waals surface area (Å²) in [6.45, 7) is 0. The van der Waals surface area contributed by atoms with Crippen LogP contribution in [0.15, 0.2) is 12.4 Å². The zero-order valence-corrected chi connectivity index (χ0v) is 10.9. The maximum atomic E-state index is 12.6. The molecule has 0 saturated heterocycles. The van der Waals surface area contributed by atoms with E-state index < -0.39 is 0 Å². The molecule has 3 rings (SSSR count). The van der Waals surface area contributed by atoms with Crippen LogP contribution in [-0.2, 0) is 11.8 Å². The fourth-order valence-corrected chi connectivity index (χ4v) is 3.63. The van der Waals surface area contributed by atoms with Crippen LogP contribution in [0.3, 0.4) is 0 Å². The number of aromatic nitrogens is 2. The number of carbonyl (C=O) groups is 1. The van der Waals surface area contributed by atoms with Crippen LogP contribution in [0.1, 0.15) is 19.3 Å². The number of hydrogen-bond acceptors (Lipinski definition) is 3. The summed E-state index contributed by atoms with van der Waals surface area (Å²) < 4.78 is 1.71. The predicted octanol–water partition coefficient (Wildman–Crippen LogP) is 0.756. The molecule has 4 atom stereocenters. The highest BCUT2D eigenvalue weighted by atomic mass is 16.2. The van der Waals surface area contributed by atoms with E-state index in [1.54, 1.807) is 15.8 Å². The Hall–Kier alpha value is -1.36. The van der Waals surface area contributed by atoms with Crippen molar-refractivity contribution in [1.82, 2.24) is 9.78 Å². The molecule has 1 aromatic rings. The Bertz CT molecular complexity index is 467. The van der Waals surface area contributed by atoms with Crippen molar-refractivity contribution in [3.8, 4) is 0 Å². The zero-order chi connectivity index (χ0) is 12.9. The second kappa shape index (κ2) is 4.09. The molecule has 2 aliphatic carbocycles. The van der Waals surface area contributed by atoms with Crippen LogP contribution >= 0.6 is 0 Å². The Morgan fingerprint density at radius 1 is 1.50 bits per heavy atom. The van der Waals surface area contributed by atoms with Crippen LogP contribution in [0.2, 0.25) is 0 Å². The van der Waals surface area contributed by atoms with Gasteiger partial charge in [0.1, 0.15) is 0 Å². The molecule has 2 saturated carbocycles. The smallest absolute Gasteiger partial charge is 0.231 e. The van der Waals surface area contributed by atoms with Crippen molar-refractivity contribution in [2.45, 2.75) is 25.3 Å². The van der Waals surface area contributed by atoms with Crippen LogP contribution in [0.5, 0.6) is 0 Å². The number of fused-ring (bicyclic) bond motifs is 2. The third kappa shape index (κ3) is 1.65. The molecule has 98 valence electrons. The van der Waals surface area contributed by atoms with Gasteiger partial charge in [0.2, 0.25) is 5.91 Å². The fraction of sp³-hybridized carbons (Fsp3) is 0.692. The molecule has 2 bridgehead atoms. The summed E-state index contributed by atoms with van der Waals surface area (Å²) in [7, 11) is 3.67. The van der Waals surface area contributed by atoms with Gasteiger partial charge in [0.05, 0.1) is 17.8 Å². The minimum Gasteiger partial charge on any atom is -0.327 e. The zero-order valence-electron chi connectivity index (χ0n) is 10.9. The van der Waals surface area contributed by atoms with Gasteiger partial charge < -0.3 is 10.6 Å². The standard InChI is InChI=1S/C13H20N4O/c1-16-7-10(6-15-16)17(2)13(18)11-8-3-4-9(5-8)12(11)14/h6-9,11-12H,3-5,14H2,1-2H3. The fourth-order valence-electron chi connectivity index (χ4n) is 3.63. The summed E-state index contributed by atoms with van der Waals surface area (Å²) in [5.41, 5.74) is 7.06. The number of rotatable bonds is 2. The molecule has 0 spiro atoms. The molecule has 4 unspecified atom stereocenters. The maximum absolute atomic E-state index is 12.6. The maximum Gasteiger partial charge on any atom is 0.231 e. The Labute approximate surface area is 107 Å². The number of nitrogens with zero attached hydrogens (tertiary/aromatic N) is 3. The van der Waals surface area contributed by atoms with E-state index in [-0.39, 0.29) is 17.9 Å². The summed E-state index contributed by atoms with van der Waals surface area (Å²) in [6, 6.07) is 0.0513. The SMILES string of the molecule is CN(C(=O)C1C2CCC(C2)C1N)c1cnn(C)c1. The predicted molar refractivity (Wildman–Crippen MR) is 68.9 cm³/mol. The van der Waals surface area contributed by atoms with Gasteiger partial charge >= 0.3 is 0 Å². The monoisotopic (exact) mass is 248 g/mol. The van der Waals surface area contributed by atoms with Gasteiger partial charge in [0, 0.05) is 26.3 Å². The van der Waals surface area contributed by atoms with Gasteiger partial charge in [0.25, 0.3) is 0 Å². The number of anilines is 1. The van der Waals surface area contributed by atoms with Gasteiger partial charge in [-0.1, -0.05) is 0 Å². The van der Waals surface area contributed by atoms with E-state index in [2.05, 4.69) is 5.10 Å². The molecule has 18 heavy (non-hydrogen) atoms. The molecule has 0 radical (unpaired) electrons. The van der Waals surface area contributed by atoms with E-state index in [1.807, 2.05) is 20.3 Å². The largest absolute Gasteiger partial charge is 0.327 e. The van der Waals surface area contributed by atoms with E-state index in [0.717, 1.165) is 18.5 Å². The minimum atomic E-state index is 0.00829. The normalized spacial score (nSPS) is 33.9. The molecule has 5 heteroatoms. The van der Waals surface area contributed by atoms with Crippen molar-refractivity contribution in [1.29, 1.82) is 0 Å². The number of amides is 1. The lowest BCUT2D eigenvalue weighted by molar-refractivity contribution is -0.124. The summed E-state index contributed by atoms with van der Waals surface area (Å²) >= 11 is 0. The highest BCUT2D eigenvalue weighted by molar-refractivity contribution is 5.95. The van der Waals surface area contributed by atoms with Gasteiger partial charge in [-0.3, -0.25) is 9.48 Å². The second-order valence-electron chi connectivity index (χ2n) is 5.71. The molecule has 2 fully saturated rings. The minimum absolute atomic E-state index is 0.00829. The van der Waals surface area contributed by atoms with Gasteiger partial charge in [0.15, 0.2) is 0 Å². The summed E-state index contributed by atoms with van der Waals surface area (Å²) in [5.74, 6) is 1.22. The van der Waals surface area contributed by atoms with Crippen LogP contribution in [0.25, 0.3) is 0 Å². The molecule has 1 amide bonds. The number of nitrogens with two attached hydrogens (primary N) is 1. The third-order valence-electron chi connectivity index (χ3n) is 4.67. The Kier molecular flexibility index (Phi) is 2.66.